The minimum Gasteiger partial charge on any atom is -0.480 e. The Morgan fingerprint density at radius 3 is 2.25 bits per heavy atom. The van der Waals surface area contributed by atoms with Crippen molar-refractivity contribution >= 4 is 48.1 Å². The molecule has 1 rings (SSSR count). The minimum atomic E-state index is -1.27. The smallest absolute Gasteiger partial charge is 0.327 e. The minimum absolute atomic E-state index is 0.00681. The third-order valence-electron chi connectivity index (χ3n) is 4.48. The number of carbonyl (C=O) groups excluding carboxylic acids is 3. The number of amides is 3. The van der Waals surface area contributed by atoms with Gasteiger partial charge in [0.25, 0.3) is 0 Å². The second-order valence-electron chi connectivity index (χ2n) is 7.03. The Kier molecular flexibility index (Phi) is 12.1. The number of nitrogens with one attached hydrogen (secondary N) is 4. The molecule has 3 amide bonds. The second kappa shape index (κ2) is 14.0. The van der Waals surface area contributed by atoms with Crippen LogP contribution in [-0.4, -0.2) is 91.9 Å². The summed E-state index contributed by atoms with van der Waals surface area (Å²) in [5.74, 6) is -2.97. The molecule has 1 heterocycles. The number of carbonyl (C=O) groups is 4. The molecule has 5 atom stereocenters. The van der Waals surface area contributed by atoms with Gasteiger partial charge in [-0.25, -0.2) is 9.78 Å². The van der Waals surface area contributed by atoms with Crippen LogP contribution in [0.4, 0.5) is 0 Å². The predicted octanol–water partition coefficient (Wildman–Crippen LogP) is -2.12. The third-order valence-corrected chi connectivity index (χ3v) is 5.48. The van der Waals surface area contributed by atoms with Crippen LogP contribution in [0.3, 0.4) is 0 Å². The molecule has 14 heteroatoms. The normalized spacial score (nSPS) is 15.7. The first-order valence-electron chi connectivity index (χ1n) is 9.75. The number of hydrogen-bond acceptors (Lipinski definition) is 9. The summed E-state index contributed by atoms with van der Waals surface area (Å²) in [4.78, 5) is 55.8. The number of carboxylic acids is 1. The van der Waals surface area contributed by atoms with Crippen LogP contribution in [-0.2, 0) is 25.6 Å². The van der Waals surface area contributed by atoms with E-state index in [9.17, 15) is 29.4 Å². The number of aromatic nitrogens is 2. The summed E-state index contributed by atoms with van der Waals surface area (Å²) in [5, 5.41) is 26.1. The summed E-state index contributed by atoms with van der Waals surface area (Å²) in [6.07, 6.45) is 3.83. The molecule has 1 aromatic rings. The van der Waals surface area contributed by atoms with Crippen molar-refractivity contribution in [2.75, 3.05) is 17.8 Å². The highest BCUT2D eigenvalue weighted by molar-refractivity contribution is 7.98. The van der Waals surface area contributed by atoms with Gasteiger partial charge in [0.2, 0.25) is 17.7 Å². The Labute approximate surface area is 195 Å². The van der Waals surface area contributed by atoms with E-state index in [2.05, 4.69) is 38.5 Å². The molecule has 0 radical (unpaired) electrons. The number of carboxylic acid groups (broad SMARTS) is 1. The second-order valence-corrected chi connectivity index (χ2v) is 8.38. The highest BCUT2D eigenvalue weighted by atomic mass is 32.2. The molecular weight excluding hydrogens is 460 g/mol. The number of thiol groups is 1. The van der Waals surface area contributed by atoms with Gasteiger partial charge in [-0.1, -0.05) is 0 Å². The lowest BCUT2D eigenvalue weighted by Gasteiger charge is -2.25. The summed E-state index contributed by atoms with van der Waals surface area (Å²) in [6, 6.07) is -4.64. The van der Waals surface area contributed by atoms with Crippen molar-refractivity contribution < 1.29 is 29.4 Å². The summed E-state index contributed by atoms with van der Waals surface area (Å²) < 4.78 is 0. The molecule has 0 aliphatic rings. The molecule has 0 aliphatic carbocycles. The van der Waals surface area contributed by atoms with E-state index in [1.165, 1.54) is 31.2 Å². The molecule has 0 saturated carbocycles. The molecule has 1 aromatic heterocycles. The molecule has 0 aromatic carbocycles. The maximum atomic E-state index is 12.9. The van der Waals surface area contributed by atoms with Crippen molar-refractivity contribution in [2.24, 2.45) is 5.73 Å². The number of imidazole rings is 1. The van der Waals surface area contributed by atoms with Crippen LogP contribution in [0.1, 0.15) is 19.0 Å². The Morgan fingerprint density at radius 1 is 1.16 bits per heavy atom. The van der Waals surface area contributed by atoms with E-state index >= 15 is 0 Å². The lowest BCUT2D eigenvalue weighted by molar-refractivity contribution is -0.141. The SMILES string of the molecule is CSCCC(NC(=O)C(N)C(C)O)C(=O)NC(Cc1cnc[nH]1)C(=O)NC(CS)C(=O)O. The van der Waals surface area contributed by atoms with Crippen LogP contribution in [0.2, 0.25) is 0 Å². The number of thioether (sulfide) groups is 1. The largest absolute Gasteiger partial charge is 0.480 e. The van der Waals surface area contributed by atoms with Gasteiger partial charge in [0.15, 0.2) is 0 Å². The quantitative estimate of drug-likeness (QED) is 0.134. The van der Waals surface area contributed by atoms with Crippen molar-refractivity contribution in [3.05, 3.63) is 18.2 Å². The van der Waals surface area contributed by atoms with Gasteiger partial charge in [0.1, 0.15) is 24.2 Å². The number of aliphatic hydroxyl groups is 1. The molecule has 12 nitrogen and oxygen atoms in total. The highest BCUT2D eigenvalue weighted by Crippen LogP contribution is 2.05. The van der Waals surface area contributed by atoms with Crippen LogP contribution < -0.4 is 21.7 Å². The third kappa shape index (κ3) is 9.06. The average molecular weight is 491 g/mol. The van der Waals surface area contributed by atoms with Crippen molar-refractivity contribution in [2.45, 2.75) is 50.0 Å². The number of aromatic amines is 1. The van der Waals surface area contributed by atoms with E-state index < -0.39 is 54.0 Å². The Balaban J connectivity index is 3.00. The Hall–Kier alpha value is -2.29. The molecule has 0 fully saturated rings. The number of nitrogens with zero attached hydrogens (tertiary/aromatic N) is 1. The molecule has 0 spiro atoms. The summed E-state index contributed by atoms with van der Waals surface area (Å²) in [7, 11) is 0. The molecule has 0 saturated heterocycles. The number of hydrogen-bond donors (Lipinski definition) is 8. The fourth-order valence-electron chi connectivity index (χ4n) is 2.55. The molecule has 0 bridgehead atoms. The van der Waals surface area contributed by atoms with Gasteiger partial charge in [0, 0.05) is 24.1 Å². The average Bonchev–Trinajstić information content (AvgIpc) is 3.26. The zero-order chi connectivity index (χ0) is 24.3. The number of rotatable bonds is 14. The fraction of sp³-hybridized carbons (Fsp3) is 0.611. The van der Waals surface area contributed by atoms with Crippen molar-refractivity contribution in [3.8, 4) is 0 Å². The highest BCUT2D eigenvalue weighted by Gasteiger charge is 2.31. The first-order chi connectivity index (χ1) is 15.1. The molecule has 180 valence electrons. The lowest BCUT2D eigenvalue weighted by Crippen LogP contribution is -2.58. The van der Waals surface area contributed by atoms with Gasteiger partial charge in [0.05, 0.1) is 12.4 Å². The van der Waals surface area contributed by atoms with E-state index in [-0.39, 0.29) is 18.6 Å². The fourth-order valence-corrected chi connectivity index (χ4v) is 3.27. The van der Waals surface area contributed by atoms with E-state index in [0.717, 1.165) is 0 Å². The summed E-state index contributed by atoms with van der Waals surface area (Å²) in [6.45, 7) is 1.35. The van der Waals surface area contributed by atoms with Gasteiger partial charge < -0.3 is 36.9 Å². The summed E-state index contributed by atoms with van der Waals surface area (Å²) >= 11 is 5.37. The Morgan fingerprint density at radius 2 is 1.75 bits per heavy atom. The molecule has 8 N–H and O–H groups in total. The van der Waals surface area contributed by atoms with E-state index in [1.54, 1.807) is 0 Å². The monoisotopic (exact) mass is 490 g/mol. The zero-order valence-electron chi connectivity index (χ0n) is 17.8. The first-order valence-corrected chi connectivity index (χ1v) is 11.8. The maximum Gasteiger partial charge on any atom is 0.327 e. The molecular formula is C18H30N6O6S2. The number of aliphatic carboxylic acids is 1. The van der Waals surface area contributed by atoms with Crippen molar-refractivity contribution in [1.82, 2.24) is 25.9 Å². The topological polar surface area (TPSA) is 200 Å². The van der Waals surface area contributed by atoms with Crippen molar-refractivity contribution in [3.63, 3.8) is 0 Å². The van der Waals surface area contributed by atoms with Crippen LogP contribution in [0.15, 0.2) is 12.5 Å². The van der Waals surface area contributed by atoms with Crippen LogP contribution >= 0.6 is 24.4 Å². The Bertz CT molecular complexity index is 763. The van der Waals surface area contributed by atoms with Gasteiger partial charge in [-0.05, 0) is 25.4 Å². The van der Waals surface area contributed by atoms with E-state index in [4.69, 9.17) is 5.73 Å². The van der Waals surface area contributed by atoms with Gasteiger partial charge in [-0.15, -0.1) is 0 Å². The number of aliphatic hydroxyl groups excluding tert-OH is 1. The predicted molar refractivity (Wildman–Crippen MR) is 122 cm³/mol. The summed E-state index contributed by atoms with van der Waals surface area (Å²) in [5.41, 5.74) is 6.17. The molecule has 32 heavy (non-hydrogen) atoms. The van der Waals surface area contributed by atoms with Gasteiger partial charge in [-0.2, -0.15) is 24.4 Å². The lowest BCUT2D eigenvalue weighted by atomic mass is 10.1. The van der Waals surface area contributed by atoms with Gasteiger partial charge >= 0.3 is 5.97 Å². The van der Waals surface area contributed by atoms with Crippen LogP contribution in [0.5, 0.6) is 0 Å². The maximum absolute atomic E-state index is 12.9. The zero-order valence-corrected chi connectivity index (χ0v) is 19.5. The molecule has 5 unspecified atom stereocenters. The molecule has 0 aliphatic heterocycles. The van der Waals surface area contributed by atoms with E-state index in [0.29, 0.717) is 11.4 Å². The first kappa shape index (κ1) is 27.7. The van der Waals surface area contributed by atoms with Crippen LogP contribution in [0.25, 0.3) is 0 Å². The van der Waals surface area contributed by atoms with Crippen molar-refractivity contribution in [1.29, 1.82) is 0 Å². The number of nitrogens with two attached hydrogens (primary N) is 1. The standard InChI is InChI=1S/C18H30N6O6S2/c1-9(25)14(19)17(28)22-11(3-4-32-2)15(26)23-12(5-10-6-20-8-21-10)16(27)24-13(7-31)18(29)30/h6,8-9,11-14,25,31H,3-5,7,19H2,1-2H3,(H,20,21)(H,22,28)(H,23,26)(H,24,27)(H,29,30). The van der Waals surface area contributed by atoms with Gasteiger partial charge in [-0.3, -0.25) is 14.4 Å². The number of H-pyrrole nitrogens is 1. The van der Waals surface area contributed by atoms with Crippen LogP contribution in [0, 0.1) is 0 Å². The van der Waals surface area contributed by atoms with E-state index in [1.807, 2.05) is 6.26 Å².